The van der Waals surface area contributed by atoms with Gasteiger partial charge < -0.3 is 9.64 Å². The van der Waals surface area contributed by atoms with Gasteiger partial charge in [-0.2, -0.15) is 0 Å². The Labute approximate surface area is 185 Å². The second-order valence-electron chi connectivity index (χ2n) is 7.15. The van der Waals surface area contributed by atoms with Crippen molar-refractivity contribution in [2.24, 2.45) is 0 Å². The van der Waals surface area contributed by atoms with Crippen LogP contribution in [0.15, 0.2) is 91.0 Å². The predicted molar refractivity (Wildman–Crippen MR) is 122 cm³/mol. The highest BCUT2D eigenvalue weighted by Crippen LogP contribution is 2.21. The molecular formula is C25H22N4O3. The van der Waals surface area contributed by atoms with Crippen LogP contribution in [-0.2, 0) is 9.53 Å². The third-order valence-corrected chi connectivity index (χ3v) is 4.93. The minimum Gasteiger partial charge on any atom is -0.447 e. The average molecular weight is 426 g/mol. The van der Waals surface area contributed by atoms with Gasteiger partial charge in [-0.05, 0) is 31.2 Å². The molecule has 1 aromatic heterocycles. The largest absolute Gasteiger partial charge is 0.447 e. The Hall–Kier alpha value is -4.26. The topological polar surface area (TPSA) is 77.3 Å². The summed E-state index contributed by atoms with van der Waals surface area (Å²) in [7, 11) is 1.64. The lowest BCUT2D eigenvalue weighted by Gasteiger charge is -2.21. The van der Waals surface area contributed by atoms with E-state index in [0.717, 1.165) is 11.3 Å². The molecule has 7 nitrogen and oxygen atoms in total. The van der Waals surface area contributed by atoms with Gasteiger partial charge in [0.2, 0.25) is 0 Å². The van der Waals surface area contributed by atoms with E-state index in [9.17, 15) is 9.59 Å². The van der Waals surface area contributed by atoms with Gasteiger partial charge in [-0.15, -0.1) is 5.10 Å². The summed E-state index contributed by atoms with van der Waals surface area (Å²) in [5, 5.41) is 4.38. The number of benzene rings is 3. The Balaban J connectivity index is 1.59. The summed E-state index contributed by atoms with van der Waals surface area (Å²) >= 11 is 0. The van der Waals surface area contributed by atoms with E-state index in [1.807, 2.05) is 91.0 Å². The molecule has 4 aromatic rings. The van der Waals surface area contributed by atoms with Crippen LogP contribution in [0.5, 0.6) is 0 Å². The number of para-hydroxylation sites is 2. The number of carbonyl (C=O) groups excluding carboxylic acids is 2. The van der Waals surface area contributed by atoms with Crippen LogP contribution in [0, 0.1) is 0 Å². The number of esters is 1. The minimum absolute atomic E-state index is 0.116. The molecule has 0 spiro atoms. The lowest BCUT2D eigenvalue weighted by atomic mass is 10.2. The fraction of sp³-hybridized carbons (Fsp3) is 0.120. The number of anilines is 1. The van der Waals surface area contributed by atoms with Gasteiger partial charge in [-0.3, -0.25) is 4.79 Å². The van der Waals surface area contributed by atoms with Gasteiger partial charge >= 0.3 is 5.97 Å². The van der Waals surface area contributed by atoms with Crippen molar-refractivity contribution < 1.29 is 14.3 Å². The number of hydrogen-bond acceptors (Lipinski definition) is 5. The molecule has 7 heteroatoms. The SMILES string of the molecule is CC(OC(=O)c1nc(-c2ccccc2)n(-c2ccccc2)n1)C(=O)N(C)c1ccccc1. The predicted octanol–water partition coefficient (Wildman–Crippen LogP) is 4.14. The maximum atomic E-state index is 12.8. The molecule has 1 heterocycles. The molecule has 160 valence electrons. The number of aromatic nitrogens is 3. The van der Waals surface area contributed by atoms with Crippen molar-refractivity contribution in [3.8, 4) is 17.1 Å². The Bertz CT molecular complexity index is 1150. The minimum atomic E-state index is -1.00. The molecule has 4 rings (SSSR count). The average Bonchev–Trinajstić information content (AvgIpc) is 3.30. The Morgan fingerprint density at radius 3 is 2.06 bits per heavy atom. The van der Waals surface area contributed by atoms with Crippen LogP contribution in [-0.4, -0.2) is 39.8 Å². The molecule has 32 heavy (non-hydrogen) atoms. The first kappa shape index (κ1) is 21.0. The molecule has 0 bridgehead atoms. The summed E-state index contributed by atoms with van der Waals surface area (Å²) in [6, 6.07) is 28.0. The van der Waals surface area contributed by atoms with E-state index < -0.39 is 12.1 Å². The zero-order valence-electron chi connectivity index (χ0n) is 17.8. The normalized spacial score (nSPS) is 11.6. The molecule has 0 N–H and O–H groups in total. The Morgan fingerprint density at radius 2 is 1.44 bits per heavy atom. The highest BCUT2D eigenvalue weighted by molar-refractivity contribution is 5.98. The molecule has 0 saturated carbocycles. The molecule has 1 unspecified atom stereocenters. The second kappa shape index (κ2) is 9.26. The van der Waals surface area contributed by atoms with Crippen LogP contribution in [0.2, 0.25) is 0 Å². The van der Waals surface area contributed by atoms with Crippen molar-refractivity contribution in [2.75, 3.05) is 11.9 Å². The molecule has 0 fully saturated rings. The fourth-order valence-corrected chi connectivity index (χ4v) is 3.24. The van der Waals surface area contributed by atoms with E-state index in [2.05, 4.69) is 10.1 Å². The number of carbonyl (C=O) groups is 2. The zero-order valence-corrected chi connectivity index (χ0v) is 17.8. The number of likely N-dealkylation sites (N-methyl/N-ethyl adjacent to an activating group) is 1. The summed E-state index contributed by atoms with van der Waals surface area (Å²) in [6.45, 7) is 1.53. The van der Waals surface area contributed by atoms with E-state index in [1.165, 1.54) is 11.8 Å². The second-order valence-corrected chi connectivity index (χ2v) is 7.15. The number of nitrogens with zero attached hydrogens (tertiary/aromatic N) is 4. The highest BCUT2D eigenvalue weighted by Gasteiger charge is 2.26. The van der Waals surface area contributed by atoms with Gasteiger partial charge in [0.25, 0.3) is 11.7 Å². The van der Waals surface area contributed by atoms with Crippen LogP contribution < -0.4 is 4.90 Å². The summed E-state index contributed by atoms with van der Waals surface area (Å²) in [4.78, 5) is 31.4. The van der Waals surface area contributed by atoms with Gasteiger partial charge in [-0.1, -0.05) is 66.7 Å². The van der Waals surface area contributed by atoms with Gasteiger partial charge in [-0.25, -0.2) is 14.5 Å². The Kier molecular flexibility index (Phi) is 6.07. The van der Waals surface area contributed by atoms with Crippen molar-refractivity contribution in [3.63, 3.8) is 0 Å². The van der Waals surface area contributed by atoms with Gasteiger partial charge in [0.1, 0.15) is 0 Å². The molecular weight excluding hydrogens is 404 g/mol. The maximum Gasteiger partial charge on any atom is 0.379 e. The van der Waals surface area contributed by atoms with E-state index in [4.69, 9.17) is 4.74 Å². The molecule has 0 saturated heterocycles. The third kappa shape index (κ3) is 4.41. The molecule has 3 aromatic carbocycles. The van der Waals surface area contributed by atoms with Crippen LogP contribution in [0.25, 0.3) is 17.1 Å². The summed E-state index contributed by atoms with van der Waals surface area (Å²) in [5.41, 5.74) is 2.26. The maximum absolute atomic E-state index is 12.8. The fourth-order valence-electron chi connectivity index (χ4n) is 3.24. The van der Waals surface area contributed by atoms with Crippen molar-refractivity contribution >= 4 is 17.6 Å². The molecule has 0 aliphatic carbocycles. The summed E-state index contributed by atoms with van der Waals surface area (Å²) < 4.78 is 7.00. The lowest BCUT2D eigenvalue weighted by Crippen LogP contribution is -2.37. The highest BCUT2D eigenvalue weighted by atomic mass is 16.5. The monoisotopic (exact) mass is 426 g/mol. The van der Waals surface area contributed by atoms with Crippen molar-refractivity contribution in [2.45, 2.75) is 13.0 Å². The first-order valence-corrected chi connectivity index (χ1v) is 10.2. The number of rotatable bonds is 6. The van der Waals surface area contributed by atoms with Crippen LogP contribution >= 0.6 is 0 Å². The smallest absolute Gasteiger partial charge is 0.379 e. The molecule has 1 amide bonds. The Morgan fingerprint density at radius 1 is 0.875 bits per heavy atom. The summed E-state index contributed by atoms with van der Waals surface area (Å²) in [6.07, 6.45) is -1.00. The molecule has 0 aliphatic rings. The standard InChI is InChI=1S/C25H22N4O3/c1-18(24(30)28(2)20-14-8-4-9-15-20)32-25(31)22-26-23(19-12-6-3-7-13-19)29(27-22)21-16-10-5-11-17-21/h3-18H,1-2H3. The summed E-state index contributed by atoms with van der Waals surface area (Å²) in [5.74, 6) is -0.728. The van der Waals surface area contributed by atoms with E-state index >= 15 is 0 Å². The van der Waals surface area contributed by atoms with Crippen molar-refractivity contribution in [3.05, 3.63) is 96.8 Å². The molecule has 0 radical (unpaired) electrons. The van der Waals surface area contributed by atoms with Crippen LogP contribution in [0.3, 0.4) is 0 Å². The third-order valence-electron chi connectivity index (χ3n) is 4.93. The van der Waals surface area contributed by atoms with Crippen molar-refractivity contribution in [1.82, 2.24) is 14.8 Å². The first-order valence-electron chi connectivity index (χ1n) is 10.2. The lowest BCUT2D eigenvalue weighted by molar-refractivity contribution is -0.126. The number of amides is 1. The van der Waals surface area contributed by atoms with Gasteiger partial charge in [0.05, 0.1) is 5.69 Å². The van der Waals surface area contributed by atoms with E-state index in [0.29, 0.717) is 11.5 Å². The molecule has 0 aliphatic heterocycles. The van der Waals surface area contributed by atoms with Crippen LogP contribution in [0.4, 0.5) is 5.69 Å². The molecule has 1 atom stereocenters. The van der Waals surface area contributed by atoms with Crippen molar-refractivity contribution in [1.29, 1.82) is 0 Å². The zero-order chi connectivity index (χ0) is 22.5. The number of hydrogen-bond donors (Lipinski definition) is 0. The van der Waals surface area contributed by atoms with E-state index in [-0.39, 0.29) is 11.7 Å². The van der Waals surface area contributed by atoms with E-state index in [1.54, 1.807) is 11.7 Å². The van der Waals surface area contributed by atoms with Crippen LogP contribution in [0.1, 0.15) is 17.5 Å². The quantitative estimate of drug-likeness (QED) is 0.433. The van der Waals surface area contributed by atoms with Gasteiger partial charge in [0.15, 0.2) is 11.9 Å². The van der Waals surface area contributed by atoms with Gasteiger partial charge in [0, 0.05) is 18.3 Å². The number of ether oxygens (including phenoxy) is 1. The first-order chi connectivity index (χ1) is 15.5.